The van der Waals surface area contributed by atoms with Gasteiger partial charge in [-0.1, -0.05) is 41.4 Å². The van der Waals surface area contributed by atoms with Crippen molar-refractivity contribution in [2.45, 2.75) is 82.8 Å². The number of rotatable bonds is 8. The van der Waals surface area contributed by atoms with Gasteiger partial charge in [0.2, 0.25) is 0 Å². The second-order valence-electron chi connectivity index (χ2n) is 10.2. The van der Waals surface area contributed by atoms with Crippen LogP contribution >= 0.6 is 15.9 Å². The number of fused-ring (bicyclic) bond motifs is 1. The first kappa shape index (κ1) is 28.2. The van der Waals surface area contributed by atoms with Crippen LogP contribution in [-0.4, -0.2) is 86.2 Å². The highest BCUT2D eigenvalue weighted by Crippen LogP contribution is 2.38. The van der Waals surface area contributed by atoms with Gasteiger partial charge in [-0.15, -0.1) is 0 Å². The van der Waals surface area contributed by atoms with Crippen molar-refractivity contribution in [3.63, 3.8) is 0 Å². The van der Waals surface area contributed by atoms with E-state index >= 15 is 0 Å². The number of esters is 2. The Bertz CT molecular complexity index is 972. The molecule has 1 unspecified atom stereocenters. The van der Waals surface area contributed by atoms with E-state index in [2.05, 4.69) is 20.8 Å². The number of likely N-dealkylation sites (tertiary alicyclic amines) is 1. The van der Waals surface area contributed by atoms with Crippen LogP contribution < -0.4 is 0 Å². The SMILES string of the molecule is CCCC1OC[C@H]2O[C@@H](CC(=O)[C@H]3CN(C)C[C@@H]3c3ccc(Br)cc3)[C@H](OC(C)=O)[C@@H](OC(C)=O)[C@@H]2O1. The number of nitrogens with zero attached hydrogens (tertiary/aromatic N) is 1. The molecule has 0 aliphatic carbocycles. The van der Waals surface area contributed by atoms with Crippen molar-refractivity contribution in [2.24, 2.45) is 5.92 Å². The second kappa shape index (κ2) is 12.3. The summed E-state index contributed by atoms with van der Waals surface area (Å²) in [5, 5.41) is 0. The molecule has 0 bridgehead atoms. The van der Waals surface area contributed by atoms with E-state index in [1.54, 1.807) is 0 Å². The second-order valence-corrected chi connectivity index (χ2v) is 11.1. The number of carbonyl (C=O) groups excluding carboxylic acids is 3. The molecule has 1 aromatic carbocycles. The van der Waals surface area contributed by atoms with Gasteiger partial charge in [0.15, 0.2) is 18.5 Å². The van der Waals surface area contributed by atoms with Crippen molar-refractivity contribution < 1.29 is 38.1 Å². The molecule has 3 fully saturated rings. The molecule has 0 amide bonds. The third kappa shape index (κ3) is 6.78. The fourth-order valence-electron chi connectivity index (χ4n) is 5.64. The molecule has 1 aromatic rings. The zero-order valence-electron chi connectivity index (χ0n) is 21.8. The Hall–Kier alpha value is -1.85. The van der Waals surface area contributed by atoms with Crippen LogP contribution in [0.5, 0.6) is 0 Å². The molecule has 0 N–H and O–H groups in total. The van der Waals surface area contributed by atoms with E-state index in [0.717, 1.165) is 23.0 Å². The standard InChI is InChI=1S/C27H36BrNO8/c1-5-6-24-33-14-23-26(37-24)27(35-16(3)31)25(34-15(2)30)22(36-23)11-21(32)20-13-29(4)12-19(20)17-7-9-18(28)10-8-17/h7-10,19-20,22-27H,5-6,11-14H2,1-4H3/t19-,20+,22+,23-,24?,25+,26-,27-/m1/s1. The summed E-state index contributed by atoms with van der Waals surface area (Å²) in [6.45, 7) is 6.22. The molecule has 37 heavy (non-hydrogen) atoms. The average molecular weight is 582 g/mol. The van der Waals surface area contributed by atoms with Crippen LogP contribution in [0.3, 0.4) is 0 Å². The smallest absolute Gasteiger partial charge is 0.303 e. The summed E-state index contributed by atoms with van der Waals surface area (Å²) in [5.41, 5.74) is 1.10. The van der Waals surface area contributed by atoms with Crippen molar-refractivity contribution >= 4 is 33.7 Å². The lowest BCUT2D eigenvalue weighted by Crippen LogP contribution is -2.65. The summed E-state index contributed by atoms with van der Waals surface area (Å²) >= 11 is 3.47. The van der Waals surface area contributed by atoms with E-state index in [4.69, 9.17) is 23.7 Å². The van der Waals surface area contributed by atoms with Gasteiger partial charge < -0.3 is 28.6 Å². The minimum atomic E-state index is -0.975. The highest BCUT2D eigenvalue weighted by Gasteiger charge is 2.54. The number of hydrogen-bond donors (Lipinski definition) is 0. The molecule has 3 heterocycles. The fraction of sp³-hybridized carbons (Fsp3) is 0.667. The number of ketones is 1. The van der Waals surface area contributed by atoms with Crippen LogP contribution in [-0.2, 0) is 38.1 Å². The minimum absolute atomic E-state index is 0.0148. The number of Topliss-reactive ketones (excluding diaryl/α,β-unsaturated/α-hetero) is 1. The molecule has 0 saturated carbocycles. The molecule has 3 aliphatic rings. The normalized spacial score (nSPS) is 34.0. The maximum absolute atomic E-state index is 13.7. The quantitative estimate of drug-likeness (QED) is 0.428. The Balaban J connectivity index is 1.56. The third-order valence-corrected chi connectivity index (χ3v) is 7.76. The van der Waals surface area contributed by atoms with Crippen LogP contribution in [0.15, 0.2) is 28.7 Å². The van der Waals surface area contributed by atoms with Gasteiger partial charge >= 0.3 is 11.9 Å². The van der Waals surface area contributed by atoms with Gasteiger partial charge in [0.1, 0.15) is 24.1 Å². The Morgan fingerprint density at radius 2 is 1.70 bits per heavy atom. The van der Waals surface area contributed by atoms with Crippen LogP contribution in [0.1, 0.15) is 51.5 Å². The zero-order chi connectivity index (χ0) is 26.7. The number of carbonyl (C=O) groups is 3. The summed E-state index contributed by atoms with van der Waals surface area (Å²) in [4.78, 5) is 40.0. The molecule has 0 aromatic heterocycles. The van der Waals surface area contributed by atoms with Crippen molar-refractivity contribution in [1.82, 2.24) is 4.90 Å². The van der Waals surface area contributed by atoms with Gasteiger partial charge in [-0.2, -0.15) is 0 Å². The van der Waals surface area contributed by atoms with E-state index in [1.807, 2.05) is 38.2 Å². The summed E-state index contributed by atoms with van der Waals surface area (Å²) < 4.78 is 30.5. The van der Waals surface area contributed by atoms with Gasteiger partial charge in [-0.05, 0) is 31.2 Å². The number of likely N-dealkylation sites (N-methyl/N-ethyl adjacent to an activating group) is 1. The summed E-state index contributed by atoms with van der Waals surface area (Å²) in [7, 11) is 2.00. The number of benzene rings is 1. The molecule has 3 aliphatic heterocycles. The Kier molecular flexibility index (Phi) is 9.39. The molecule has 0 spiro atoms. The molecule has 3 saturated heterocycles. The van der Waals surface area contributed by atoms with Gasteiger partial charge in [0, 0.05) is 49.7 Å². The molecular weight excluding hydrogens is 546 g/mol. The first-order chi connectivity index (χ1) is 17.7. The minimum Gasteiger partial charge on any atom is -0.456 e. The largest absolute Gasteiger partial charge is 0.456 e. The van der Waals surface area contributed by atoms with E-state index in [0.29, 0.717) is 13.0 Å². The van der Waals surface area contributed by atoms with Crippen LogP contribution in [0.2, 0.25) is 0 Å². The van der Waals surface area contributed by atoms with Crippen molar-refractivity contribution in [2.75, 3.05) is 26.7 Å². The third-order valence-electron chi connectivity index (χ3n) is 7.23. The number of halogens is 1. The van der Waals surface area contributed by atoms with Gasteiger partial charge in [0.05, 0.1) is 6.61 Å². The topological polar surface area (TPSA) is 101 Å². The lowest BCUT2D eigenvalue weighted by Gasteiger charge is -2.48. The van der Waals surface area contributed by atoms with Crippen LogP contribution in [0.4, 0.5) is 0 Å². The fourth-order valence-corrected chi connectivity index (χ4v) is 5.91. The van der Waals surface area contributed by atoms with E-state index < -0.39 is 48.7 Å². The highest BCUT2D eigenvalue weighted by molar-refractivity contribution is 9.10. The number of hydrogen-bond acceptors (Lipinski definition) is 9. The Labute approximate surface area is 226 Å². The van der Waals surface area contributed by atoms with Crippen molar-refractivity contribution in [3.8, 4) is 0 Å². The molecule has 9 nitrogen and oxygen atoms in total. The molecule has 10 heteroatoms. The molecule has 8 atom stereocenters. The predicted molar refractivity (Wildman–Crippen MR) is 137 cm³/mol. The monoisotopic (exact) mass is 581 g/mol. The van der Waals surface area contributed by atoms with Crippen molar-refractivity contribution in [3.05, 3.63) is 34.3 Å². The Morgan fingerprint density at radius 3 is 2.35 bits per heavy atom. The predicted octanol–water partition coefficient (Wildman–Crippen LogP) is 3.23. The van der Waals surface area contributed by atoms with Crippen molar-refractivity contribution in [1.29, 1.82) is 0 Å². The Morgan fingerprint density at radius 1 is 1.03 bits per heavy atom. The molecular formula is C27H36BrNO8. The van der Waals surface area contributed by atoms with E-state index in [-0.39, 0.29) is 30.6 Å². The molecule has 0 radical (unpaired) electrons. The maximum atomic E-state index is 13.7. The summed E-state index contributed by atoms with van der Waals surface area (Å²) in [6.07, 6.45) is -2.84. The first-order valence-electron chi connectivity index (χ1n) is 12.9. The van der Waals surface area contributed by atoms with E-state index in [9.17, 15) is 14.4 Å². The molecule has 4 rings (SSSR count). The average Bonchev–Trinajstić information content (AvgIpc) is 3.23. The zero-order valence-corrected chi connectivity index (χ0v) is 23.3. The summed E-state index contributed by atoms with van der Waals surface area (Å²) in [6, 6.07) is 8.04. The molecule has 204 valence electrons. The van der Waals surface area contributed by atoms with Crippen LogP contribution in [0.25, 0.3) is 0 Å². The maximum Gasteiger partial charge on any atom is 0.303 e. The van der Waals surface area contributed by atoms with Gasteiger partial charge in [-0.3, -0.25) is 14.4 Å². The van der Waals surface area contributed by atoms with Gasteiger partial charge in [-0.25, -0.2) is 0 Å². The van der Waals surface area contributed by atoms with Gasteiger partial charge in [0.25, 0.3) is 0 Å². The highest BCUT2D eigenvalue weighted by atomic mass is 79.9. The van der Waals surface area contributed by atoms with E-state index in [1.165, 1.54) is 13.8 Å². The summed E-state index contributed by atoms with van der Waals surface area (Å²) in [5.74, 6) is -1.27. The van der Waals surface area contributed by atoms with Crippen LogP contribution in [0, 0.1) is 5.92 Å². The lowest BCUT2D eigenvalue weighted by molar-refractivity contribution is -0.327. The first-order valence-corrected chi connectivity index (χ1v) is 13.7. The number of ether oxygens (including phenoxy) is 5. The lowest BCUT2D eigenvalue weighted by atomic mass is 9.82.